The third kappa shape index (κ3) is 1.65. The first-order valence-corrected chi connectivity index (χ1v) is 5.36. The van der Waals surface area contributed by atoms with Gasteiger partial charge in [0.2, 0.25) is 5.16 Å². The largest absolute Gasteiger partial charge is 0.477 e. The molecule has 2 rings (SSSR count). The number of aromatic carboxylic acids is 1. The van der Waals surface area contributed by atoms with E-state index in [1.807, 2.05) is 6.26 Å². The van der Waals surface area contributed by atoms with E-state index in [0.29, 0.717) is 16.6 Å². The highest BCUT2D eigenvalue weighted by Crippen LogP contribution is 2.12. The molecule has 0 saturated heterocycles. The lowest BCUT2D eigenvalue weighted by molar-refractivity contribution is 0.0690. The number of carbonyl (C=O) groups is 1. The van der Waals surface area contributed by atoms with E-state index in [1.54, 1.807) is 6.92 Å². The summed E-state index contributed by atoms with van der Waals surface area (Å²) >= 11 is 1.39. The normalized spacial score (nSPS) is 10.8. The Hall–Kier alpha value is -1.63. The first-order chi connectivity index (χ1) is 7.11. The Morgan fingerprint density at radius 3 is 2.87 bits per heavy atom. The summed E-state index contributed by atoms with van der Waals surface area (Å²) in [7, 11) is 0. The van der Waals surface area contributed by atoms with Crippen LogP contribution in [-0.4, -0.2) is 36.9 Å². The molecule has 2 aromatic rings. The highest BCUT2D eigenvalue weighted by molar-refractivity contribution is 7.98. The predicted octanol–water partition coefficient (Wildman–Crippen LogP) is 0.853. The molecule has 0 aliphatic rings. The molecule has 6 nitrogen and oxygen atoms in total. The van der Waals surface area contributed by atoms with Gasteiger partial charge in [0.1, 0.15) is 0 Å². The Balaban J connectivity index is 2.70. The van der Waals surface area contributed by atoms with Crippen molar-refractivity contribution in [2.24, 2.45) is 0 Å². The Bertz CT molecular complexity index is 537. The van der Waals surface area contributed by atoms with Crippen LogP contribution in [0, 0.1) is 6.92 Å². The number of thioether (sulfide) groups is 1. The van der Waals surface area contributed by atoms with Crippen LogP contribution in [0.2, 0.25) is 0 Å². The van der Waals surface area contributed by atoms with Crippen molar-refractivity contribution in [2.45, 2.75) is 12.1 Å². The van der Waals surface area contributed by atoms with Crippen molar-refractivity contribution in [2.75, 3.05) is 6.26 Å². The van der Waals surface area contributed by atoms with Gasteiger partial charge in [-0.15, -0.1) is 5.10 Å². The van der Waals surface area contributed by atoms with Gasteiger partial charge in [0.25, 0.3) is 5.78 Å². The SMILES string of the molecule is CSc1nc2nc(C(=O)O)cc(C)n2n1. The molecule has 7 heteroatoms. The van der Waals surface area contributed by atoms with Gasteiger partial charge >= 0.3 is 5.97 Å². The zero-order valence-corrected chi connectivity index (χ0v) is 8.95. The van der Waals surface area contributed by atoms with Gasteiger partial charge in [-0.05, 0) is 19.2 Å². The Morgan fingerprint density at radius 1 is 1.53 bits per heavy atom. The van der Waals surface area contributed by atoms with E-state index in [9.17, 15) is 4.79 Å². The maximum absolute atomic E-state index is 10.7. The maximum Gasteiger partial charge on any atom is 0.354 e. The smallest absolute Gasteiger partial charge is 0.354 e. The average molecular weight is 224 g/mol. The third-order valence-electron chi connectivity index (χ3n) is 1.87. The van der Waals surface area contributed by atoms with Crippen LogP contribution in [0.15, 0.2) is 11.2 Å². The van der Waals surface area contributed by atoms with E-state index in [4.69, 9.17) is 5.11 Å². The second kappa shape index (κ2) is 3.50. The molecule has 0 bridgehead atoms. The Labute approximate surface area is 89.4 Å². The van der Waals surface area contributed by atoms with Crippen LogP contribution in [0.4, 0.5) is 0 Å². The highest BCUT2D eigenvalue weighted by Gasteiger charge is 2.11. The van der Waals surface area contributed by atoms with E-state index in [-0.39, 0.29) is 5.69 Å². The number of carboxylic acid groups (broad SMARTS) is 1. The number of fused-ring (bicyclic) bond motifs is 1. The molecule has 2 heterocycles. The zero-order chi connectivity index (χ0) is 11.0. The summed E-state index contributed by atoms with van der Waals surface area (Å²) in [5, 5.41) is 13.5. The molecule has 0 fully saturated rings. The zero-order valence-electron chi connectivity index (χ0n) is 8.13. The molecule has 0 atom stereocenters. The molecular formula is C8H8N4O2S. The topological polar surface area (TPSA) is 80.4 Å². The number of aromatic nitrogens is 4. The fourth-order valence-corrected chi connectivity index (χ4v) is 1.53. The van der Waals surface area contributed by atoms with Gasteiger partial charge in [-0.25, -0.2) is 14.3 Å². The van der Waals surface area contributed by atoms with Crippen molar-refractivity contribution >= 4 is 23.5 Å². The van der Waals surface area contributed by atoms with Crippen LogP contribution in [0.5, 0.6) is 0 Å². The third-order valence-corrected chi connectivity index (χ3v) is 2.41. The van der Waals surface area contributed by atoms with E-state index in [2.05, 4.69) is 15.1 Å². The molecule has 0 spiro atoms. The van der Waals surface area contributed by atoms with Crippen molar-refractivity contribution in [1.29, 1.82) is 0 Å². The van der Waals surface area contributed by atoms with E-state index in [1.165, 1.54) is 22.3 Å². The minimum Gasteiger partial charge on any atom is -0.477 e. The first kappa shape index (κ1) is 9.91. The summed E-state index contributed by atoms with van der Waals surface area (Å²) < 4.78 is 1.53. The molecule has 2 aromatic heterocycles. The van der Waals surface area contributed by atoms with Crippen molar-refractivity contribution in [1.82, 2.24) is 19.6 Å². The van der Waals surface area contributed by atoms with Crippen molar-refractivity contribution in [3.63, 3.8) is 0 Å². The molecule has 0 aliphatic heterocycles. The number of aryl methyl sites for hydroxylation is 1. The molecule has 0 unspecified atom stereocenters. The molecule has 0 aromatic carbocycles. The van der Waals surface area contributed by atoms with E-state index in [0.717, 1.165) is 0 Å². The number of hydrogen-bond donors (Lipinski definition) is 1. The number of rotatable bonds is 2. The lowest BCUT2D eigenvalue weighted by Crippen LogP contribution is -2.05. The summed E-state index contributed by atoms with van der Waals surface area (Å²) in [6.07, 6.45) is 1.85. The summed E-state index contributed by atoms with van der Waals surface area (Å²) in [5.74, 6) is -0.744. The molecule has 0 saturated carbocycles. The van der Waals surface area contributed by atoms with E-state index < -0.39 is 5.97 Å². The first-order valence-electron chi connectivity index (χ1n) is 4.13. The van der Waals surface area contributed by atoms with Crippen LogP contribution in [-0.2, 0) is 0 Å². The maximum atomic E-state index is 10.7. The van der Waals surface area contributed by atoms with Gasteiger partial charge in [0, 0.05) is 5.69 Å². The fourth-order valence-electron chi connectivity index (χ4n) is 1.19. The molecule has 15 heavy (non-hydrogen) atoms. The monoisotopic (exact) mass is 224 g/mol. The van der Waals surface area contributed by atoms with Crippen LogP contribution >= 0.6 is 11.8 Å². The summed E-state index contributed by atoms with van der Waals surface area (Å²) in [5.41, 5.74) is 0.685. The molecule has 0 radical (unpaired) electrons. The highest BCUT2D eigenvalue weighted by atomic mass is 32.2. The lowest BCUT2D eigenvalue weighted by Gasteiger charge is -1.98. The quantitative estimate of drug-likeness (QED) is 0.762. The lowest BCUT2D eigenvalue weighted by atomic mass is 10.3. The number of carboxylic acids is 1. The average Bonchev–Trinajstić information content (AvgIpc) is 2.61. The second-order valence-electron chi connectivity index (χ2n) is 2.90. The molecule has 1 N–H and O–H groups in total. The van der Waals surface area contributed by atoms with Crippen LogP contribution in [0.1, 0.15) is 16.2 Å². The van der Waals surface area contributed by atoms with Gasteiger partial charge in [0.05, 0.1) is 0 Å². The van der Waals surface area contributed by atoms with Crippen LogP contribution < -0.4 is 0 Å². The Kier molecular flexibility index (Phi) is 2.31. The van der Waals surface area contributed by atoms with Crippen molar-refractivity contribution in [3.05, 3.63) is 17.5 Å². The molecule has 0 aliphatic carbocycles. The predicted molar refractivity (Wildman–Crippen MR) is 54.3 cm³/mol. The minimum atomic E-state index is -1.06. The van der Waals surface area contributed by atoms with Crippen molar-refractivity contribution < 1.29 is 9.90 Å². The summed E-state index contributed by atoms with van der Waals surface area (Å²) in [4.78, 5) is 18.7. The second-order valence-corrected chi connectivity index (χ2v) is 3.67. The molecular weight excluding hydrogens is 216 g/mol. The number of nitrogens with zero attached hydrogens (tertiary/aromatic N) is 4. The van der Waals surface area contributed by atoms with E-state index >= 15 is 0 Å². The van der Waals surface area contributed by atoms with Gasteiger partial charge in [-0.3, -0.25) is 0 Å². The van der Waals surface area contributed by atoms with Gasteiger partial charge in [0.15, 0.2) is 5.69 Å². The molecule has 0 amide bonds. The fraction of sp³-hybridized carbons (Fsp3) is 0.250. The minimum absolute atomic E-state index is 0.0138. The summed E-state index contributed by atoms with van der Waals surface area (Å²) in [6, 6.07) is 1.47. The van der Waals surface area contributed by atoms with Crippen LogP contribution in [0.3, 0.4) is 0 Å². The molecule has 78 valence electrons. The Morgan fingerprint density at radius 2 is 2.27 bits per heavy atom. The summed E-state index contributed by atoms with van der Waals surface area (Å²) in [6.45, 7) is 1.76. The van der Waals surface area contributed by atoms with Crippen molar-refractivity contribution in [3.8, 4) is 0 Å². The van der Waals surface area contributed by atoms with Gasteiger partial charge < -0.3 is 5.11 Å². The number of hydrogen-bond acceptors (Lipinski definition) is 5. The van der Waals surface area contributed by atoms with Crippen LogP contribution in [0.25, 0.3) is 5.78 Å². The van der Waals surface area contributed by atoms with Gasteiger partial charge in [-0.2, -0.15) is 4.98 Å². The standard InChI is InChI=1S/C8H8N4O2S/c1-4-3-5(6(13)14)9-7-10-8(15-2)11-12(4)7/h3H,1-2H3,(H,13,14). The van der Waals surface area contributed by atoms with Gasteiger partial charge in [-0.1, -0.05) is 11.8 Å².